The molecule has 3 unspecified atom stereocenters. The van der Waals surface area contributed by atoms with Gasteiger partial charge in [-0.2, -0.15) is 0 Å². The number of carboxylic acid groups (broad SMARTS) is 1. The molecule has 122 valence electrons. The molecule has 3 atom stereocenters. The number of piperidine rings is 1. The van der Waals surface area contributed by atoms with Crippen molar-refractivity contribution in [2.45, 2.75) is 51.5 Å². The van der Waals surface area contributed by atoms with Crippen LogP contribution in [-0.2, 0) is 9.59 Å². The van der Waals surface area contributed by atoms with Gasteiger partial charge in [0.2, 0.25) is 5.91 Å². The number of carboxylic acids is 1. The molecule has 0 spiro atoms. The van der Waals surface area contributed by atoms with Crippen molar-refractivity contribution in [2.75, 3.05) is 19.6 Å². The predicted molar refractivity (Wildman–Crippen MR) is 83.6 cm³/mol. The van der Waals surface area contributed by atoms with Gasteiger partial charge in [-0.05, 0) is 38.1 Å². The molecule has 2 rings (SSSR count). The number of aliphatic carboxylic acids is 1. The lowest BCUT2D eigenvalue weighted by Gasteiger charge is -2.32. The second kappa shape index (κ2) is 8.59. The molecule has 0 bridgehead atoms. The third-order valence-electron chi connectivity index (χ3n) is 4.68. The summed E-state index contributed by atoms with van der Waals surface area (Å²) in [6.07, 6.45) is 6.32. The van der Waals surface area contributed by atoms with Crippen molar-refractivity contribution in [3.63, 3.8) is 0 Å². The molecule has 2 aliphatic rings. The normalized spacial score (nSPS) is 30.2. The van der Waals surface area contributed by atoms with Crippen LogP contribution in [0, 0.1) is 11.8 Å². The van der Waals surface area contributed by atoms with Gasteiger partial charge in [-0.3, -0.25) is 14.5 Å². The largest absolute Gasteiger partial charge is 0.481 e. The van der Waals surface area contributed by atoms with E-state index >= 15 is 0 Å². The van der Waals surface area contributed by atoms with Gasteiger partial charge in [0, 0.05) is 12.6 Å². The Kier molecular flexibility index (Phi) is 7.46. The number of rotatable bonds is 4. The van der Waals surface area contributed by atoms with Crippen LogP contribution in [0.25, 0.3) is 0 Å². The van der Waals surface area contributed by atoms with Crippen LogP contribution in [0.4, 0.5) is 0 Å². The van der Waals surface area contributed by atoms with E-state index < -0.39 is 5.97 Å². The molecule has 6 heteroatoms. The van der Waals surface area contributed by atoms with Gasteiger partial charge >= 0.3 is 5.97 Å². The standard InChI is InChI=1S/C15H26N2O3.ClH/c1-11-5-2-3-7-13(11)16-14(18)10-17-8-4-6-12(9-17)15(19)20;/h11-13H,2-10H2,1H3,(H,16,18)(H,19,20);1H. The van der Waals surface area contributed by atoms with Gasteiger partial charge in [0.15, 0.2) is 0 Å². The second-order valence-corrected chi connectivity index (χ2v) is 6.35. The molecule has 1 aliphatic heterocycles. The summed E-state index contributed by atoms with van der Waals surface area (Å²) in [5.41, 5.74) is 0. The van der Waals surface area contributed by atoms with Crippen molar-refractivity contribution < 1.29 is 14.7 Å². The van der Waals surface area contributed by atoms with Gasteiger partial charge in [-0.25, -0.2) is 0 Å². The van der Waals surface area contributed by atoms with E-state index in [0.29, 0.717) is 25.0 Å². The first kappa shape index (κ1) is 18.2. The smallest absolute Gasteiger partial charge is 0.307 e. The highest BCUT2D eigenvalue weighted by Crippen LogP contribution is 2.23. The highest BCUT2D eigenvalue weighted by Gasteiger charge is 2.28. The van der Waals surface area contributed by atoms with Gasteiger partial charge in [0.25, 0.3) is 0 Å². The van der Waals surface area contributed by atoms with Crippen molar-refractivity contribution in [1.82, 2.24) is 10.2 Å². The summed E-state index contributed by atoms with van der Waals surface area (Å²) in [6.45, 7) is 3.87. The van der Waals surface area contributed by atoms with Crippen molar-refractivity contribution >= 4 is 24.3 Å². The minimum atomic E-state index is -0.740. The lowest BCUT2D eigenvalue weighted by molar-refractivity contribution is -0.144. The van der Waals surface area contributed by atoms with E-state index in [9.17, 15) is 9.59 Å². The topological polar surface area (TPSA) is 69.6 Å². The number of likely N-dealkylation sites (tertiary alicyclic amines) is 1. The highest BCUT2D eigenvalue weighted by atomic mass is 35.5. The summed E-state index contributed by atoms with van der Waals surface area (Å²) in [6, 6.07) is 0.302. The Bertz CT molecular complexity index is 365. The van der Waals surface area contributed by atoms with E-state index in [0.717, 1.165) is 25.8 Å². The van der Waals surface area contributed by atoms with E-state index in [-0.39, 0.29) is 24.2 Å². The van der Waals surface area contributed by atoms with Gasteiger partial charge in [-0.1, -0.05) is 19.8 Å². The molecule has 0 aromatic carbocycles. The quantitative estimate of drug-likeness (QED) is 0.830. The van der Waals surface area contributed by atoms with Crippen LogP contribution in [0.15, 0.2) is 0 Å². The molecule has 0 radical (unpaired) electrons. The summed E-state index contributed by atoms with van der Waals surface area (Å²) in [5, 5.41) is 12.2. The first-order chi connectivity index (χ1) is 9.56. The number of halogens is 1. The highest BCUT2D eigenvalue weighted by molar-refractivity contribution is 5.85. The Morgan fingerprint density at radius 1 is 1.19 bits per heavy atom. The van der Waals surface area contributed by atoms with Gasteiger partial charge in [0.1, 0.15) is 0 Å². The van der Waals surface area contributed by atoms with Gasteiger partial charge < -0.3 is 10.4 Å². The molecule has 1 saturated carbocycles. The first-order valence-corrected chi connectivity index (χ1v) is 7.81. The van der Waals surface area contributed by atoms with Crippen molar-refractivity contribution in [2.24, 2.45) is 11.8 Å². The molecule has 1 heterocycles. The number of carbonyl (C=O) groups is 2. The summed E-state index contributed by atoms with van der Waals surface area (Å²) in [4.78, 5) is 25.1. The lowest BCUT2D eigenvalue weighted by atomic mass is 9.86. The second-order valence-electron chi connectivity index (χ2n) is 6.35. The number of amides is 1. The van der Waals surface area contributed by atoms with Crippen molar-refractivity contribution in [3.05, 3.63) is 0 Å². The number of nitrogens with one attached hydrogen (secondary N) is 1. The first-order valence-electron chi connectivity index (χ1n) is 7.81. The van der Waals surface area contributed by atoms with E-state index in [1.54, 1.807) is 0 Å². The van der Waals surface area contributed by atoms with Crippen molar-refractivity contribution in [3.8, 4) is 0 Å². The fourth-order valence-electron chi connectivity index (χ4n) is 3.39. The predicted octanol–water partition coefficient (Wildman–Crippen LogP) is 1.90. The van der Waals surface area contributed by atoms with E-state index in [1.165, 1.54) is 19.3 Å². The summed E-state index contributed by atoms with van der Waals surface area (Å²) in [5.74, 6) is -0.447. The monoisotopic (exact) mass is 318 g/mol. The molecule has 5 nitrogen and oxygen atoms in total. The Hall–Kier alpha value is -0.810. The average molecular weight is 319 g/mol. The number of hydrogen-bond donors (Lipinski definition) is 2. The Labute approximate surface area is 132 Å². The van der Waals surface area contributed by atoms with E-state index in [2.05, 4.69) is 12.2 Å². The minimum Gasteiger partial charge on any atom is -0.481 e. The van der Waals surface area contributed by atoms with E-state index in [1.807, 2.05) is 4.90 Å². The molecule has 1 aliphatic carbocycles. The zero-order valence-corrected chi connectivity index (χ0v) is 13.5. The molecule has 2 N–H and O–H groups in total. The van der Waals surface area contributed by atoms with Crippen LogP contribution in [0.3, 0.4) is 0 Å². The molecular formula is C15H27ClN2O3. The zero-order valence-electron chi connectivity index (χ0n) is 12.7. The van der Waals surface area contributed by atoms with Crippen LogP contribution in [-0.4, -0.2) is 47.6 Å². The molecule has 2 fully saturated rings. The third-order valence-corrected chi connectivity index (χ3v) is 4.68. The maximum absolute atomic E-state index is 12.1. The minimum absolute atomic E-state index is 0. The maximum Gasteiger partial charge on any atom is 0.307 e. The number of carbonyl (C=O) groups excluding carboxylic acids is 1. The molecule has 21 heavy (non-hydrogen) atoms. The van der Waals surface area contributed by atoms with Crippen LogP contribution in [0.1, 0.15) is 45.4 Å². The number of hydrogen-bond acceptors (Lipinski definition) is 3. The van der Waals surface area contributed by atoms with Crippen LogP contribution in [0.2, 0.25) is 0 Å². The van der Waals surface area contributed by atoms with Crippen LogP contribution in [0.5, 0.6) is 0 Å². The summed E-state index contributed by atoms with van der Waals surface area (Å²) < 4.78 is 0. The molecule has 0 aromatic rings. The lowest BCUT2D eigenvalue weighted by Crippen LogP contribution is -2.48. The molecule has 1 saturated heterocycles. The fraction of sp³-hybridized carbons (Fsp3) is 0.867. The van der Waals surface area contributed by atoms with Crippen molar-refractivity contribution in [1.29, 1.82) is 0 Å². The number of nitrogens with zero attached hydrogens (tertiary/aromatic N) is 1. The molecule has 0 aromatic heterocycles. The average Bonchev–Trinajstić information content (AvgIpc) is 2.41. The zero-order chi connectivity index (χ0) is 14.5. The SMILES string of the molecule is CC1CCCCC1NC(=O)CN1CCCC(C(=O)O)C1.Cl. The van der Waals surface area contributed by atoms with Gasteiger partial charge in [0.05, 0.1) is 12.5 Å². The Balaban J connectivity index is 0.00000220. The maximum atomic E-state index is 12.1. The fourth-order valence-corrected chi connectivity index (χ4v) is 3.39. The van der Waals surface area contributed by atoms with Crippen LogP contribution >= 0.6 is 12.4 Å². The molecule has 1 amide bonds. The Morgan fingerprint density at radius 3 is 2.57 bits per heavy atom. The van der Waals surface area contributed by atoms with E-state index in [4.69, 9.17) is 5.11 Å². The van der Waals surface area contributed by atoms with Crippen LogP contribution < -0.4 is 5.32 Å². The summed E-state index contributed by atoms with van der Waals surface area (Å²) >= 11 is 0. The third kappa shape index (κ3) is 5.47. The molecular weight excluding hydrogens is 292 g/mol. The van der Waals surface area contributed by atoms with Gasteiger partial charge in [-0.15, -0.1) is 12.4 Å². The summed E-state index contributed by atoms with van der Waals surface area (Å²) in [7, 11) is 0. The Morgan fingerprint density at radius 2 is 1.90 bits per heavy atom.